The number of hydrogen-bond acceptors (Lipinski definition) is 3. The van der Waals surface area contributed by atoms with E-state index in [9.17, 15) is 0 Å². The standard InChI is InChI=1S/C13H19N3/c1-5-7-11-12(14-8-6-2)9-15-13(16-11)10(3)4/h5-10,14H,1-4H3/b7-5-,8-6+. The van der Waals surface area contributed by atoms with Gasteiger partial charge in [-0.1, -0.05) is 26.0 Å². The number of anilines is 1. The van der Waals surface area contributed by atoms with Crippen LogP contribution in [0, 0.1) is 0 Å². The maximum absolute atomic E-state index is 4.52. The van der Waals surface area contributed by atoms with Crippen LogP contribution in [0.15, 0.2) is 24.5 Å². The fourth-order valence-electron chi connectivity index (χ4n) is 1.26. The van der Waals surface area contributed by atoms with Crippen LogP contribution in [0.25, 0.3) is 6.08 Å². The molecular formula is C13H19N3. The highest BCUT2D eigenvalue weighted by molar-refractivity contribution is 5.63. The lowest BCUT2D eigenvalue weighted by atomic mass is 10.2. The molecule has 0 bridgehead atoms. The monoisotopic (exact) mass is 217 g/mol. The van der Waals surface area contributed by atoms with Crippen LogP contribution in [0.2, 0.25) is 0 Å². The van der Waals surface area contributed by atoms with Gasteiger partial charge >= 0.3 is 0 Å². The maximum Gasteiger partial charge on any atom is 0.131 e. The molecule has 0 saturated carbocycles. The molecule has 3 heteroatoms. The van der Waals surface area contributed by atoms with E-state index in [4.69, 9.17) is 0 Å². The summed E-state index contributed by atoms with van der Waals surface area (Å²) < 4.78 is 0. The predicted octanol–water partition coefficient (Wildman–Crippen LogP) is 3.58. The molecule has 1 rings (SSSR count). The quantitative estimate of drug-likeness (QED) is 0.837. The first kappa shape index (κ1) is 12.4. The van der Waals surface area contributed by atoms with E-state index in [1.54, 1.807) is 0 Å². The Bertz CT molecular complexity index is 392. The molecule has 0 aliphatic rings. The van der Waals surface area contributed by atoms with E-state index < -0.39 is 0 Å². The molecule has 0 unspecified atom stereocenters. The summed E-state index contributed by atoms with van der Waals surface area (Å²) in [6, 6.07) is 0. The molecule has 86 valence electrons. The van der Waals surface area contributed by atoms with Gasteiger partial charge in [0.1, 0.15) is 5.82 Å². The van der Waals surface area contributed by atoms with E-state index >= 15 is 0 Å². The van der Waals surface area contributed by atoms with Crippen molar-refractivity contribution in [3.05, 3.63) is 36.1 Å². The molecule has 0 spiro atoms. The van der Waals surface area contributed by atoms with Crippen molar-refractivity contribution >= 4 is 11.8 Å². The third-order valence-corrected chi connectivity index (χ3v) is 2.08. The lowest BCUT2D eigenvalue weighted by Crippen LogP contribution is -2.02. The van der Waals surface area contributed by atoms with Crippen molar-refractivity contribution < 1.29 is 0 Å². The van der Waals surface area contributed by atoms with Crippen LogP contribution in [0.4, 0.5) is 5.69 Å². The van der Waals surface area contributed by atoms with Gasteiger partial charge in [0, 0.05) is 5.92 Å². The molecule has 0 aromatic carbocycles. The highest BCUT2D eigenvalue weighted by Crippen LogP contribution is 2.17. The van der Waals surface area contributed by atoms with Crippen LogP contribution in [0.5, 0.6) is 0 Å². The van der Waals surface area contributed by atoms with Crippen molar-refractivity contribution in [3.63, 3.8) is 0 Å². The number of aromatic nitrogens is 2. The van der Waals surface area contributed by atoms with Crippen LogP contribution in [-0.4, -0.2) is 9.97 Å². The van der Waals surface area contributed by atoms with Crippen molar-refractivity contribution in [3.8, 4) is 0 Å². The fraction of sp³-hybridized carbons (Fsp3) is 0.385. The summed E-state index contributed by atoms with van der Waals surface area (Å²) in [4.78, 5) is 8.85. The number of hydrogen-bond donors (Lipinski definition) is 1. The molecule has 0 fully saturated rings. The predicted molar refractivity (Wildman–Crippen MR) is 69.3 cm³/mol. The third kappa shape index (κ3) is 3.19. The van der Waals surface area contributed by atoms with Gasteiger partial charge in [-0.05, 0) is 26.1 Å². The van der Waals surface area contributed by atoms with Gasteiger partial charge in [0.2, 0.25) is 0 Å². The second kappa shape index (κ2) is 6.05. The molecule has 0 saturated heterocycles. The average molecular weight is 217 g/mol. The van der Waals surface area contributed by atoms with E-state index in [2.05, 4.69) is 29.1 Å². The summed E-state index contributed by atoms with van der Waals surface area (Å²) in [5.74, 6) is 1.22. The third-order valence-electron chi connectivity index (χ3n) is 2.08. The van der Waals surface area contributed by atoms with Crippen LogP contribution >= 0.6 is 0 Å². The molecule has 16 heavy (non-hydrogen) atoms. The SMILES string of the molecule is C/C=C\c1nc(C(C)C)ncc1N/C=C/C. The first-order valence-electron chi connectivity index (χ1n) is 5.56. The van der Waals surface area contributed by atoms with E-state index in [1.165, 1.54) is 0 Å². The van der Waals surface area contributed by atoms with E-state index in [-0.39, 0.29) is 0 Å². The molecule has 1 N–H and O–H groups in total. The first-order chi connectivity index (χ1) is 7.69. The van der Waals surface area contributed by atoms with Gasteiger partial charge in [-0.3, -0.25) is 0 Å². The number of nitrogens with one attached hydrogen (secondary N) is 1. The molecule has 0 amide bonds. The number of nitrogens with zero attached hydrogens (tertiary/aromatic N) is 2. The van der Waals surface area contributed by atoms with Gasteiger partial charge in [-0.2, -0.15) is 0 Å². The fourth-order valence-corrected chi connectivity index (χ4v) is 1.26. The Kier molecular flexibility index (Phi) is 4.70. The lowest BCUT2D eigenvalue weighted by molar-refractivity contribution is 0.773. The topological polar surface area (TPSA) is 37.8 Å². The van der Waals surface area contributed by atoms with Crippen LogP contribution < -0.4 is 5.32 Å². The van der Waals surface area contributed by atoms with Crippen LogP contribution in [0.1, 0.15) is 45.1 Å². The van der Waals surface area contributed by atoms with Gasteiger partial charge in [-0.15, -0.1) is 0 Å². The normalized spacial score (nSPS) is 11.8. The summed E-state index contributed by atoms with van der Waals surface area (Å²) >= 11 is 0. The smallest absolute Gasteiger partial charge is 0.131 e. The summed E-state index contributed by atoms with van der Waals surface area (Å²) in [5, 5.41) is 3.16. The van der Waals surface area contributed by atoms with Crippen molar-refractivity contribution in [1.82, 2.24) is 9.97 Å². The summed E-state index contributed by atoms with van der Waals surface area (Å²) in [5.41, 5.74) is 1.86. The van der Waals surface area contributed by atoms with Crippen LogP contribution in [-0.2, 0) is 0 Å². The Morgan fingerprint density at radius 1 is 1.25 bits per heavy atom. The molecule has 1 aromatic rings. The Hall–Kier alpha value is -1.64. The highest BCUT2D eigenvalue weighted by Gasteiger charge is 2.06. The molecule has 0 atom stereocenters. The minimum Gasteiger partial charge on any atom is -0.359 e. The molecule has 1 aromatic heterocycles. The van der Waals surface area contributed by atoms with Crippen molar-refractivity contribution in [2.75, 3.05) is 5.32 Å². The maximum atomic E-state index is 4.52. The van der Waals surface area contributed by atoms with E-state index in [0.29, 0.717) is 5.92 Å². The van der Waals surface area contributed by atoms with E-state index in [0.717, 1.165) is 17.2 Å². The second-order valence-corrected chi connectivity index (χ2v) is 3.83. The van der Waals surface area contributed by atoms with Crippen molar-refractivity contribution in [2.24, 2.45) is 0 Å². The van der Waals surface area contributed by atoms with Gasteiger partial charge in [0.05, 0.1) is 17.6 Å². The number of allylic oxidation sites excluding steroid dienone is 2. The zero-order valence-corrected chi connectivity index (χ0v) is 10.4. The summed E-state index contributed by atoms with van der Waals surface area (Å²) in [7, 11) is 0. The van der Waals surface area contributed by atoms with E-state index in [1.807, 2.05) is 44.5 Å². The molecule has 0 radical (unpaired) electrons. The highest BCUT2D eigenvalue weighted by atomic mass is 15.0. The van der Waals surface area contributed by atoms with Crippen molar-refractivity contribution in [1.29, 1.82) is 0 Å². The van der Waals surface area contributed by atoms with Gasteiger partial charge in [0.15, 0.2) is 0 Å². The molecular weight excluding hydrogens is 198 g/mol. The average Bonchev–Trinajstić information content (AvgIpc) is 2.27. The van der Waals surface area contributed by atoms with Gasteiger partial charge in [0.25, 0.3) is 0 Å². The minimum atomic E-state index is 0.347. The lowest BCUT2D eigenvalue weighted by Gasteiger charge is -2.08. The van der Waals surface area contributed by atoms with Crippen molar-refractivity contribution in [2.45, 2.75) is 33.6 Å². The second-order valence-electron chi connectivity index (χ2n) is 3.83. The largest absolute Gasteiger partial charge is 0.359 e. The Morgan fingerprint density at radius 2 is 2.00 bits per heavy atom. The molecule has 1 heterocycles. The van der Waals surface area contributed by atoms with Crippen LogP contribution in [0.3, 0.4) is 0 Å². The Morgan fingerprint density at radius 3 is 2.56 bits per heavy atom. The zero-order chi connectivity index (χ0) is 12.0. The number of rotatable bonds is 4. The Balaban J connectivity index is 3.08. The van der Waals surface area contributed by atoms with Gasteiger partial charge < -0.3 is 5.32 Å². The minimum absolute atomic E-state index is 0.347. The molecule has 0 aliphatic heterocycles. The Labute approximate surface area is 97.3 Å². The van der Waals surface area contributed by atoms with Gasteiger partial charge in [-0.25, -0.2) is 9.97 Å². The zero-order valence-electron chi connectivity index (χ0n) is 10.4. The summed E-state index contributed by atoms with van der Waals surface area (Å²) in [6.07, 6.45) is 9.61. The molecule has 3 nitrogen and oxygen atoms in total. The molecule has 0 aliphatic carbocycles. The summed E-state index contributed by atoms with van der Waals surface area (Å²) in [6.45, 7) is 8.13. The first-order valence-corrected chi connectivity index (χ1v) is 5.56.